The monoisotopic (exact) mass is 358 g/mol. The SMILES string of the molecule is CC=C1C2C=C(C)CC1(NC(=O)OC)c1ccc(OC(=O)OC)nc1C2. The van der Waals surface area contributed by atoms with Crippen LogP contribution in [-0.4, -0.2) is 31.5 Å². The van der Waals surface area contributed by atoms with E-state index in [9.17, 15) is 9.59 Å². The first-order chi connectivity index (χ1) is 12.4. The van der Waals surface area contributed by atoms with E-state index in [-0.39, 0.29) is 11.8 Å². The number of nitrogens with zero attached hydrogens (tertiary/aromatic N) is 1. The zero-order valence-corrected chi connectivity index (χ0v) is 15.3. The lowest BCUT2D eigenvalue weighted by Gasteiger charge is -2.47. The quantitative estimate of drug-likeness (QED) is 0.645. The van der Waals surface area contributed by atoms with Crippen LogP contribution >= 0.6 is 0 Å². The van der Waals surface area contributed by atoms with Gasteiger partial charge in [0.05, 0.1) is 25.5 Å². The van der Waals surface area contributed by atoms with Crippen molar-refractivity contribution in [2.45, 2.75) is 32.2 Å². The number of ether oxygens (including phenoxy) is 3. The van der Waals surface area contributed by atoms with E-state index in [1.54, 1.807) is 6.07 Å². The molecule has 0 fully saturated rings. The number of fused-ring (bicyclic) bond motifs is 4. The number of pyridine rings is 1. The molecule has 138 valence electrons. The second-order valence-electron chi connectivity index (χ2n) is 6.47. The molecule has 0 aliphatic heterocycles. The summed E-state index contributed by atoms with van der Waals surface area (Å²) in [6, 6.07) is 3.45. The summed E-state index contributed by atoms with van der Waals surface area (Å²) in [5.41, 5.74) is 3.26. The Bertz CT molecular complexity index is 814. The average Bonchev–Trinajstić information content (AvgIpc) is 2.60. The summed E-state index contributed by atoms with van der Waals surface area (Å²) in [7, 11) is 2.59. The molecule has 2 unspecified atom stereocenters. The minimum atomic E-state index is -0.819. The molecular formula is C19H22N2O5. The lowest BCUT2D eigenvalue weighted by molar-refractivity contribution is 0.119. The number of aromatic nitrogens is 1. The molecule has 2 bridgehead atoms. The van der Waals surface area contributed by atoms with Crippen LogP contribution in [-0.2, 0) is 21.4 Å². The number of amides is 1. The highest BCUT2D eigenvalue weighted by atomic mass is 16.7. The molecule has 1 N–H and O–H groups in total. The summed E-state index contributed by atoms with van der Waals surface area (Å²) in [6.07, 6.45) is 4.22. The Morgan fingerprint density at radius 2 is 2.08 bits per heavy atom. The second-order valence-corrected chi connectivity index (χ2v) is 6.47. The molecule has 7 nitrogen and oxygen atoms in total. The molecule has 3 rings (SSSR count). The van der Waals surface area contributed by atoms with Gasteiger partial charge in [-0.3, -0.25) is 0 Å². The van der Waals surface area contributed by atoms with Crippen molar-refractivity contribution in [1.82, 2.24) is 10.3 Å². The number of hydrogen-bond acceptors (Lipinski definition) is 6. The van der Waals surface area contributed by atoms with Gasteiger partial charge >= 0.3 is 12.2 Å². The first kappa shape index (κ1) is 18.0. The Hall–Kier alpha value is -2.83. The van der Waals surface area contributed by atoms with Gasteiger partial charge in [-0.1, -0.05) is 17.7 Å². The summed E-state index contributed by atoms with van der Waals surface area (Å²) in [5.74, 6) is 0.283. The van der Waals surface area contributed by atoms with Crippen LogP contribution < -0.4 is 10.1 Å². The van der Waals surface area contributed by atoms with Crippen LogP contribution in [0.4, 0.5) is 9.59 Å². The van der Waals surface area contributed by atoms with Crippen molar-refractivity contribution in [1.29, 1.82) is 0 Å². The Balaban J connectivity index is 2.12. The van der Waals surface area contributed by atoms with Gasteiger partial charge in [-0.25, -0.2) is 14.6 Å². The molecule has 2 aliphatic carbocycles. The number of allylic oxidation sites excluding steroid dienone is 2. The van der Waals surface area contributed by atoms with Crippen LogP contribution in [0.25, 0.3) is 0 Å². The fraction of sp³-hybridized carbons (Fsp3) is 0.421. The Labute approximate surface area is 152 Å². The third-order valence-electron chi connectivity index (χ3n) is 4.91. The maximum absolute atomic E-state index is 12.1. The van der Waals surface area contributed by atoms with E-state index in [1.165, 1.54) is 19.8 Å². The van der Waals surface area contributed by atoms with E-state index < -0.39 is 17.8 Å². The summed E-state index contributed by atoms with van der Waals surface area (Å²) in [6.45, 7) is 4.03. The second kappa shape index (κ2) is 6.82. The molecule has 1 heterocycles. The smallest absolute Gasteiger partial charge is 0.453 e. The summed E-state index contributed by atoms with van der Waals surface area (Å²) in [4.78, 5) is 28.0. The number of carbonyl (C=O) groups is 2. The highest BCUT2D eigenvalue weighted by Crippen LogP contribution is 2.50. The van der Waals surface area contributed by atoms with Gasteiger partial charge in [0.1, 0.15) is 0 Å². The third kappa shape index (κ3) is 2.94. The van der Waals surface area contributed by atoms with E-state index in [4.69, 9.17) is 9.47 Å². The lowest BCUT2D eigenvalue weighted by atomic mass is 9.63. The molecule has 0 saturated carbocycles. The molecule has 7 heteroatoms. The average molecular weight is 358 g/mol. The normalized spacial score (nSPS) is 25.0. The van der Waals surface area contributed by atoms with Gasteiger partial charge < -0.3 is 19.5 Å². The molecule has 0 saturated heterocycles. The predicted molar refractivity (Wildman–Crippen MR) is 93.8 cm³/mol. The van der Waals surface area contributed by atoms with Crippen molar-refractivity contribution in [2.24, 2.45) is 5.92 Å². The lowest BCUT2D eigenvalue weighted by Crippen LogP contribution is -2.53. The van der Waals surface area contributed by atoms with Crippen LogP contribution in [0.2, 0.25) is 0 Å². The molecule has 26 heavy (non-hydrogen) atoms. The minimum Gasteiger partial charge on any atom is -0.453 e. The number of alkyl carbamates (subject to hydrolysis) is 1. The van der Waals surface area contributed by atoms with Crippen molar-refractivity contribution in [3.63, 3.8) is 0 Å². The zero-order chi connectivity index (χ0) is 18.9. The number of rotatable bonds is 2. The maximum atomic E-state index is 12.1. The molecule has 1 amide bonds. The molecule has 1 aromatic rings. The van der Waals surface area contributed by atoms with Gasteiger partial charge in [0, 0.05) is 24.0 Å². The highest BCUT2D eigenvalue weighted by Gasteiger charge is 2.48. The zero-order valence-electron chi connectivity index (χ0n) is 15.3. The molecule has 0 radical (unpaired) electrons. The minimum absolute atomic E-state index is 0.110. The Morgan fingerprint density at radius 1 is 1.31 bits per heavy atom. The standard InChI is InChI=1S/C19H22N2O5/c1-5-13-12-8-11(2)10-19(13,21-17(22)24-3)14-6-7-16(20-15(14)9-12)26-18(23)25-4/h5-8,12H,9-10H2,1-4H3,(H,21,22). The fourth-order valence-corrected chi connectivity index (χ4v) is 4.04. The van der Waals surface area contributed by atoms with E-state index in [1.807, 2.05) is 19.1 Å². The fourth-order valence-electron chi connectivity index (χ4n) is 4.04. The molecule has 1 aromatic heterocycles. The van der Waals surface area contributed by atoms with Crippen LogP contribution in [0.1, 0.15) is 31.5 Å². The van der Waals surface area contributed by atoms with Crippen LogP contribution in [0, 0.1) is 5.92 Å². The summed E-state index contributed by atoms with van der Waals surface area (Å²) in [5, 5.41) is 3.03. The van der Waals surface area contributed by atoms with E-state index >= 15 is 0 Å². The van der Waals surface area contributed by atoms with Crippen molar-refractivity contribution < 1.29 is 23.8 Å². The van der Waals surface area contributed by atoms with Gasteiger partial charge in [-0.05, 0) is 31.9 Å². The van der Waals surface area contributed by atoms with Crippen molar-refractivity contribution in [3.05, 3.63) is 46.7 Å². The van der Waals surface area contributed by atoms with Crippen LogP contribution in [0.15, 0.2) is 35.4 Å². The number of hydrogen-bond donors (Lipinski definition) is 1. The predicted octanol–water partition coefficient (Wildman–Crippen LogP) is 3.25. The third-order valence-corrected chi connectivity index (χ3v) is 4.91. The van der Waals surface area contributed by atoms with E-state index in [2.05, 4.69) is 28.0 Å². The van der Waals surface area contributed by atoms with Crippen LogP contribution in [0.5, 0.6) is 5.88 Å². The first-order valence-electron chi connectivity index (χ1n) is 8.39. The van der Waals surface area contributed by atoms with E-state index in [0.717, 1.165) is 16.8 Å². The first-order valence-corrected chi connectivity index (χ1v) is 8.39. The van der Waals surface area contributed by atoms with Crippen molar-refractivity contribution >= 4 is 12.2 Å². The van der Waals surface area contributed by atoms with Crippen molar-refractivity contribution in [3.8, 4) is 5.88 Å². The van der Waals surface area contributed by atoms with Gasteiger partial charge in [0.15, 0.2) is 0 Å². The molecule has 2 atom stereocenters. The topological polar surface area (TPSA) is 86.8 Å². The Morgan fingerprint density at radius 3 is 2.73 bits per heavy atom. The number of methoxy groups -OCH3 is 2. The van der Waals surface area contributed by atoms with Gasteiger partial charge in [0.25, 0.3) is 0 Å². The molecule has 0 spiro atoms. The largest absolute Gasteiger partial charge is 0.514 e. The molecule has 0 aromatic carbocycles. The number of nitrogens with one attached hydrogen (secondary N) is 1. The summed E-state index contributed by atoms with van der Waals surface area (Å²) >= 11 is 0. The van der Waals surface area contributed by atoms with Gasteiger partial charge in [-0.15, -0.1) is 0 Å². The van der Waals surface area contributed by atoms with Crippen molar-refractivity contribution in [2.75, 3.05) is 14.2 Å². The van der Waals surface area contributed by atoms with E-state index in [0.29, 0.717) is 12.8 Å². The van der Waals surface area contributed by atoms with Crippen LogP contribution in [0.3, 0.4) is 0 Å². The van der Waals surface area contributed by atoms with Gasteiger partial charge in [0.2, 0.25) is 5.88 Å². The maximum Gasteiger partial charge on any atom is 0.514 e. The molecular weight excluding hydrogens is 336 g/mol. The molecule has 2 aliphatic rings. The van der Waals surface area contributed by atoms with Gasteiger partial charge in [-0.2, -0.15) is 0 Å². The summed E-state index contributed by atoms with van der Waals surface area (Å²) < 4.78 is 14.4. The number of carbonyl (C=O) groups excluding carboxylic acids is 2. The Kier molecular flexibility index (Phi) is 4.71. The highest BCUT2D eigenvalue weighted by molar-refractivity contribution is 5.71.